The molecule has 2 aromatic rings. The second-order valence-electron chi connectivity index (χ2n) is 3.47. The SMILES string of the molecule is CN(c1ccc(F)c(F)c1)c1ncc(CN)s1. The smallest absolute Gasteiger partial charge is 0.189 e. The first-order valence-corrected chi connectivity index (χ1v) is 5.77. The maximum atomic E-state index is 13.1. The summed E-state index contributed by atoms with van der Waals surface area (Å²) in [5, 5.41) is 0.691. The largest absolute Gasteiger partial charge is 0.326 e. The van der Waals surface area contributed by atoms with Crippen LogP contribution in [0.15, 0.2) is 24.4 Å². The molecule has 0 bridgehead atoms. The molecule has 0 amide bonds. The topological polar surface area (TPSA) is 42.2 Å². The number of hydrogen-bond donors (Lipinski definition) is 1. The van der Waals surface area contributed by atoms with Crippen LogP contribution in [0.5, 0.6) is 0 Å². The molecule has 17 heavy (non-hydrogen) atoms. The average Bonchev–Trinajstić information content (AvgIpc) is 2.80. The predicted octanol–water partition coefficient (Wildman–Crippen LogP) is 2.65. The van der Waals surface area contributed by atoms with E-state index < -0.39 is 11.6 Å². The summed E-state index contributed by atoms with van der Waals surface area (Å²) < 4.78 is 25.9. The van der Waals surface area contributed by atoms with Crippen LogP contribution in [0, 0.1) is 11.6 Å². The summed E-state index contributed by atoms with van der Waals surface area (Å²) in [7, 11) is 1.74. The van der Waals surface area contributed by atoms with Gasteiger partial charge in [-0.2, -0.15) is 0 Å². The Labute approximate surface area is 102 Å². The molecule has 0 saturated carbocycles. The number of thiazole rings is 1. The van der Waals surface area contributed by atoms with Crippen molar-refractivity contribution in [2.75, 3.05) is 11.9 Å². The van der Waals surface area contributed by atoms with Gasteiger partial charge in [0, 0.05) is 36.4 Å². The van der Waals surface area contributed by atoms with Crippen molar-refractivity contribution in [3.8, 4) is 0 Å². The third kappa shape index (κ3) is 2.42. The van der Waals surface area contributed by atoms with Crippen LogP contribution in [-0.4, -0.2) is 12.0 Å². The van der Waals surface area contributed by atoms with E-state index in [0.29, 0.717) is 17.4 Å². The number of anilines is 2. The minimum Gasteiger partial charge on any atom is -0.326 e. The van der Waals surface area contributed by atoms with Gasteiger partial charge in [0.2, 0.25) is 0 Å². The van der Waals surface area contributed by atoms with Crippen molar-refractivity contribution < 1.29 is 8.78 Å². The predicted molar refractivity (Wildman–Crippen MR) is 64.4 cm³/mol. The Bertz CT molecular complexity index is 527. The highest BCUT2D eigenvalue weighted by Crippen LogP contribution is 2.28. The van der Waals surface area contributed by atoms with Gasteiger partial charge in [-0.1, -0.05) is 0 Å². The Kier molecular flexibility index (Phi) is 3.35. The van der Waals surface area contributed by atoms with Crippen molar-refractivity contribution in [1.29, 1.82) is 0 Å². The molecule has 0 saturated heterocycles. The lowest BCUT2D eigenvalue weighted by Crippen LogP contribution is -2.09. The molecule has 0 atom stereocenters. The second kappa shape index (κ2) is 4.77. The fourth-order valence-corrected chi connectivity index (χ4v) is 2.12. The van der Waals surface area contributed by atoms with Crippen molar-refractivity contribution >= 4 is 22.2 Å². The summed E-state index contributed by atoms with van der Waals surface area (Å²) in [6.07, 6.45) is 1.68. The van der Waals surface area contributed by atoms with Crippen LogP contribution in [0.3, 0.4) is 0 Å². The van der Waals surface area contributed by atoms with Gasteiger partial charge in [-0.15, -0.1) is 11.3 Å². The van der Waals surface area contributed by atoms with Gasteiger partial charge in [0.15, 0.2) is 16.8 Å². The number of halogens is 2. The molecule has 0 aliphatic rings. The van der Waals surface area contributed by atoms with Gasteiger partial charge in [0.05, 0.1) is 0 Å². The van der Waals surface area contributed by atoms with Crippen LogP contribution in [0.1, 0.15) is 4.88 Å². The van der Waals surface area contributed by atoms with Crippen LogP contribution in [-0.2, 0) is 6.54 Å². The van der Waals surface area contributed by atoms with E-state index in [9.17, 15) is 8.78 Å². The molecule has 0 aliphatic carbocycles. The lowest BCUT2D eigenvalue weighted by molar-refractivity contribution is 0.509. The molecule has 1 aromatic heterocycles. The van der Waals surface area contributed by atoms with Crippen molar-refractivity contribution in [3.63, 3.8) is 0 Å². The molecule has 90 valence electrons. The normalized spacial score (nSPS) is 10.6. The van der Waals surface area contributed by atoms with Crippen LogP contribution in [0.4, 0.5) is 19.6 Å². The van der Waals surface area contributed by atoms with E-state index >= 15 is 0 Å². The molecule has 1 heterocycles. The highest BCUT2D eigenvalue weighted by Gasteiger charge is 2.11. The zero-order valence-electron chi connectivity index (χ0n) is 9.15. The molecule has 0 fully saturated rings. The summed E-state index contributed by atoms with van der Waals surface area (Å²) in [5.41, 5.74) is 6.03. The molecule has 0 unspecified atom stereocenters. The van der Waals surface area contributed by atoms with Gasteiger partial charge in [0.25, 0.3) is 0 Å². The maximum absolute atomic E-state index is 13.1. The van der Waals surface area contributed by atoms with Gasteiger partial charge in [-0.3, -0.25) is 0 Å². The van der Waals surface area contributed by atoms with Crippen molar-refractivity contribution in [1.82, 2.24) is 4.98 Å². The van der Waals surface area contributed by atoms with E-state index in [4.69, 9.17) is 5.73 Å². The summed E-state index contributed by atoms with van der Waals surface area (Å²) in [5.74, 6) is -1.73. The standard InChI is InChI=1S/C11H11F2N3S/c1-16(11-15-6-8(5-14)17-11)7-2-3-9(12)10(13)4-7/h2-4,6H,5,14H2,1H3. The van der Waals surface area contributed by atoms with E-state index in [0.717, 1.165) is 17.0 Å². The molecule has 2 rings (SSSR count). The fourth-order valence-electron chi connectivity index (χ4n) is 1.35. The second-order valence-corrected chi connectivity index (χ2v) is 4.56. The van der Waals surface area contributed by atoms with Crippen LogP contribution < -0.4 is 10.6 Å². The monoisotopic (exact) mass is 255 g/mol. The maximum Gasteiger partial charge on any atom is 0.189 e. The zero-order chi connectivity index (χ0) is 12.4. The number of aromatic nitrogens is 1. The van der Waals surface area contributed by atoms with Gasteiger partial charge in [-0.25, -0.2) is 13.8 Å². The minimum absolute atomic E-state index is 0.420. The van der Waals surface area contributed by atoms with Crippen LogP contribution in [0.25, 0.3) is 0 Å². The highest BCUT2D eigenvalue weighted by atomic mass is 32.1. The van der Waals surface area contributed by atoms with Gasteiger partial charge < -0.3 is 10.6 Å². The number of nitrogens with zero attached hydrogens (tertiary/aromatic N) is 2. The van der Waals surface area contributed by atoms with E-state index in [-0.39, 0.29) is 0 Å². The Hall–Kier alpha value is -1.53. The first-order chi connectivity index (χ1) is 8.11. The molecule has 0 radical (unpaired) electrons. The Morgan fingerprint density at radius 1 is 1.35 bits per heavy atom. The number of benzene rings is 1. The van der Waals surface area contributed by atoms with E-state index in [2.05, 4.69) is 4.98 Å². The average molecular weight is 255 g/mol. The summed E-state index contributed by atoms with van der Waals surface area (Å²) >= 11 is 1.42. The van der Waals surface area contributed by atoms with Gasteiger partial charge in [-0.05, 0) is 12.1 Å². The van der Waals surface area contributed by atoms with Crippen molar-refractivity contribution in [3.05, 3.63) is 40.9 Å². The Balaban J connectivity index is 2.29. The molecule has 2 N–H and O–H groups in total. The zero-order valence-corrected chi connectivity index (χ0v) is 9.97. The molecule has 1 aromatic carbocycles. The molecule has 6 heteroatoms. The Morgan fingerprint density at radius 2 is 2.12 bits per heavy atom. The third-order valence-corrected chi connectivity index (χ3v) is 3.42. The van der Waals surface area contributed by atoms with Crippen LogP contribution in [0.2, 0.25) is 0 Å². The van der Waals surface area contributed by atoms with Crippen LogP contribution >= 0.6 is 11.3 Å². The van der Waals surface area contributed by atoms with Crippen molar-refractivity contribution in [2.24, 2.45) is 5.73 Å². The van der Waals surface area contributed by atoms with Gasteiger partial charge in [0.1, 0.15) is 0 Å². The molecule has 0 aliphatic heterocycles. The summed E-state index contributed by atoms with van der Waals surface area (Å²) in [6, 6.07) is 3.74. The molecule has 0 spiro atoms. The van der Waals surface area contributed by atoms with Crippen molar-refractivity contribution in [2.45, 2.75) is 6.54 Å². The third-order valence-electron chi connectivity index (χ3n) is 2.32. The number of rotatable bonds is 3. The van der Waals surface area contributed by atoms with E-state index in [1.807, 2.05) is 0 Å². The lowest BCUT2D eigenvalue weighted by Gasteiger charge is -2.15. The van der Waals surface area contributed by atoms with Gasteiger partial charge >= 0.3 is 0 Å². The highest BCUT2D eigenvalue weighted by molar-refractivity contribution is 7.15. The quantitative estimate of drug-likeness (QED) is 0.916. The first-order valence-electron chi connectivity index (χ1n) is 4.95. The summed E-state index contributed by atoms with van der Waals surface area (Å²) in [6.45, 7) is 0.420. The molecular weight excluding hydrogens is 244 g/mol. The number of hydrogen-bond acceptors (Lipinski definition) is 4. The molecule has 3 nitrogen and oxygen atoms in total. The van der Waals surface area contributed by atoms with E-state index in [1.165, 1.54) is 17.4 Å². The first kappa shape index (κ1) is 11.9. The van der Waals surface area contributed by atoms with E-state index in [1.54, 1.807) is 18.1 Å². The lowest BCUT2D eigenvalue weighted by atomic mass is 10.3. The molecular formula is C11H11F2N3S. The number of nitrogens with two attached hydrogens (primary N) is 1. The minimum atomic E-state index is -0.870. The fraction of sp³-hybridized carbons (Fsp3) is 0.182. The Morgan fingerprint density at radius 3 is 2.71 bits per heavy atom. The summed E-state index contributed by atoms with van der Waals surface area (Å²) in [4.78, 5) is 6.79.